The van der Waals surface area contributed by atoms with Crippen LogP contribution >= 0.6 is 11.8 Å². The highest BCUT2D eigenvalue weighted by molar-refractivity contribution is 7.99. The molecule has 1 aromatic carbocycles. The average Bonchev–Trinajstić information content (AvgIpc) is 2.29. The number of carboxylic acids is 1. The lowest BCUT2D eigenvalue weighted by Gasteiger charge is -2.03. The topological polar surface area (TPSA) is 46.5 Å². The van der Waals surface area contributed by atoms with E-state index in [2.05, 4.69) is 0 Å². The van der Waals surface area contributed by atoms with Gasteiger partial charge in [0.05, 0.1) is 12.5 Å². The third kappa shape index (κ3) is 6.48. The average molecular weight is 240 g/mol. The molecule has 1 rings (SSSR count). The van der Waals surface area contributed by atoms with Crippen LogP contribution in [0.3, 0.4) is 0 Å². The van der Waals surface area contributed by atoms with Gasteiger partial charge in [-0.1, -0.05) is 30.3 Å². The normalized spacial score (nSPS) is 10.2. The van der Waals surface area contributed by atoms with Gasteiger partial charge in [0.25, 0.3) is 0 Å². The zero-order chi connectivity index (χ0) is 11.6. The van der Waals surface area contributed by atoms with E-state index in [4.69, 9.17) is 9.84 Å². The summed E-state index contributed by atoms with van der Waals surface area (Å²) in [5, 5.41) is 8.42. The maximum Gasteiger partial charge on any atom is 0.303 e. The Hall–Kier alpha value is -1.00. The van der Waals surface area contributed by atoms with E-state index < -0.39 is 5.97 Å². The van der Waals surface area contributed by atoms with Crippen molar-refractivity contribution in [2.45, 2.75) is 19.4 Å². The monoisotopic (exact) mass is 240 g/mol. The van der Waals surface area contributed by atoms with Crippen LogP contribution in [0.25, 0.3) is 0 Å². The predicted molar refractivity (Wildman–Crippen MR) is 65.4 cm³/mol. The maximum absolute atomic E-state index is 10.2. The Bertz CT molecular complexity index is 300. The van der Waals surface area contributed by atoms with Crippen molar-refractivity contribution in [1.82, 2.24) is 0 Å². The summed E-state index contributed by atoms with van der Waals surface area (Å²) in [6.07, 6.45) is 0.945. The summed E-state index contributed by atoms with van der Waals surface area (Å²) in [6, 6.07) is 9.99. The first kappa shape index (κ1) is 13.1. The fourth-order valence-corrected chi connectivity index (χ4v) is 1.84. The van der Waals surface area contributed by atoms with Crippen LogP contribution in [0.2, 0.25) is 0 Å². The third-order valence-corrected chi connectivity index (χ3v) is 2.87. The first-order chi connectivity index (χ1) is 7.79. The molecule has 1 aromatic rings. The van der Waals surface area contributed by atoms with Gasteiger partial charge in [-0.25, -0.2) is 0 Å². The Balaban J connectivity index is 1.94. The molecule has 16 heavy (non-hydrogen) atoms. The number of hydrogen-bond acceptors (Lipinski definition) is 3. The molecule has 88 valence electrons. The number of thioether (sulfide) groups is 1. The van der Waals surface area contributed by atoms with E-state index in [0.29, 0.717) is 19.0 Å². The van der Waals surface area contributed by atoms with Gasteiger partial charge < -0.3 is 9.84 Å². The van der Waals surface area contributed by atoms with Gasteiger partial charge in [0.1, 0.15) is 0 Å². The van der Waals surface area contributed by atoms with Gasteiger partial charge in [-0.15, -0.1) is 11.8 Å². The summed E-state index contributed by atoms with van der Waals surface area (Å²) in [5.41, 5.74) is 1.16. The molecule has 0 aromatic heterocycles. The van der Waals surface area contributed by atoms with Crippen molar-refractivity contribution in [3.05, 3.63) is 35.9 Å². The molecule has 0 unspecified atom stereocenters. The van der Waals surface area contributed by atoms with E-state index >= 15 is 0 Å². The summed E-state index contributed by atoms with van der Waals surface area (Å²) in [5.74, 6) is 0.723. The van der Waals surface area contributed by atoms with E-state index in [1.807, 2.05) is 30.3 Å². The summed E-state index contributed by atoms with van der Waals surface area (Å²) in [7, 11) is 0. The molecule has 0 aliphatic heterocycles. The number of carbonyl (C=O) groups is 1. The van der Waals surface area contributed by atoms with Gasteiger partial charge in [0.15, 0.2) is 0 Å². The van der Waals surface area contributed by atoms with Crippen LogP contribution in [0.15, 0.2) is 30.3 Å². The smallest absolute Gasteiger partial charge is 0.303 e. The van der Waals surface area contributed by atoms with Crippen molar-refractivity contribution in [1.29, 1.82) is 0 Å². The van der Waals surface area contributed by atoms with Crippen LogP contribution in [0.4, 0.5) is 0 Å². The zero-order valence-corrected chi connectivity index (χ0v) is 9.91. The molecule has 0 radical (unpaired) electrons. The second kappa shape index (κ2) is 8.19. The largest absolute Gasteiger partial charge is 0.481 e. The van der Waals surface area contributed by atoms with Gasteiger partial charge in [0, 0.05) is 6.42 Å². The maximum atomic E-state index is 10.2. The fraction of sp³-hybridized carbons (Fsp3) is 0.417. The predicted octanol–water partition coefficient (Wildman–Crippen LogP) is 2.76. The summed E-state index contributed by atoms with van der Waals surface area (Å²) < 4.78 is 5.44. The molecule has 0 aliphatic rings. The van der Waals surface area contributed by atoms with Gasteiger partial charge in [-0.05, 0) is 17.7 Å². The molecule has 0 heterocycles. The lowest BCUT2D eigenvalue weighted by molar-refractivity contribution is -0.137. The van der Waals surface area contributed by atoms with Crippen LogP contribution in [0.5, 0.6) is 0 Å². The summed E-state index contributed by atoms with van der Waals surface area (Å²) in [4.78, 5) is 10.2. The van der Waals surface area contributed by atoms with Crippen molar-refractivity contribution < 1.29 is 14.6 Å². The van der Waals surface area contributed by atoms with Crippen LogP contribution < -0.4 is 0 Å². The van der Waals surface area contributed by atoms with E-state index in [9.17, 15) is 4.79 Å². The van der Waals surface area contributed by atoms with Crippen molar-refractivity contribution in [2.24, 2.45) is 0 Å². The lowest BCUT2D eigenvalue weighted by Crippen LogP contribution is -1.97. The minimum atomic E-state index is -0.731. The Morgan fingerprint density at radius 2 is 2.06 bits per heavy atom. The van der Waals surface area contributed by atoms with Gasteiger partial charge in [0.2, 0.25) is 0 Å². The van der Waals surface area contributed by atoms with Crippen LogP contribution in [-0.4, -0.2) is 22.8 Å². The quantitative estimate of drug-likeness (QED) is 0.560. The van der Waals surface area contributed by atoms with Crippen molar-refractivity contribution in [3.8, 4) is 0 Å². The molecular weight excluding hydrogens is 224 g/mol. The van der Waals surface area contributed by atoms with Gasteiger partial charge in [-0.3, -0.25) is 4.79 Å². The molecule has 0 bridgehead atoms. The summed E-state index contributed by atoms with van der Waals surface area (Å²) >= 11 is 1.63. The van der Waals surface area contributed by atoms with E-state index in [1.54, 1.807) is 11.8 Å². The second-order valence-electron chi connectivity index (χ2n) is 3.36. The highest BCUT2D eigenvalue weighted by atomic mass is 32.2. The number of hydrogen-bond donors (Lipinski definition) is 1. The highest BCUT2D eigenvalue weighted by Gasteiger charge is 1.96. The first-order valence-corrected chi connectivity index (χ1v) is 6.35. The molecule has 3 nitrogen and oxygen atoms in total. The molecular formula is C12H16O3S. The standard InChI is InChI=1S/C12H16O3S/c13-12(14)7-4-8-16-10-15-9-11-5-2-1-3-6-11/h1-3,5-6H,4,7-10H2,(H,13,14). The number of aliphatic carboxylic acids is 1. The fourth-order valence-electron chi connectivity index (χ4n) is 1.18. The first-order valence-electron chi connectivity index (χ1n) is 5.20. The number of ether oxygens (including phenoxy) is 1. The molecule has 0 saturated heterocycles. The molecule has 0 aliphatic carbocycles. The number of benzene rings is 1. The minimum Gasteiger partial charge on any atom is -0.481 e. The third-order valence-electron chi connectivity index (χ3n) is 1.96. The lowest BCUT2D eigenvalue weighted by atomic mass is 10.2. The summed E-state index contributed by atoms with van der Waals surface area (Å²) in [6.45, 7) is 0.618. The van der Waals surface area contributed by atoms with Crippen LogP contribution in [-0.2, 0) is 16.1 Å². The Morgan fingerprint density at radius 1 is 1.31 bits per heavy atom. The highest BCUT2D eigenvalue weighted by Crippen LogP contribution is 2.07. The van der Waals surface area contributed by atoms with Crippen molar-refractivity contribution >= 4 is 17.7 Å². The van der Waals surface area contributed by atoms with E-state index in [1.165, 1.54) is 0 Å². The second-order valence-corrected chi connectivity index (χ2v) is 4.41. The Labute approximate surface area is 99.8 Å². The van der Waals surface area contributed by atoms with Crippen LogP contribution in [0, 0.1) is 0 Å². The minimum absolute atomic E-state index is 0.242. The van der Waals surface area contributed by atoms with Gasteiger partial charge >= 0.3 is 5.97 Å². The molecule has 0 spiro atoms. The van der Waals surface area contributed by atoms with Gasteiger partial charge in [-0.2, -0.15) is 0 Å². The van der Waals surface area contributed by atoms with E-state index in [0.717, 1.165) is 11.3 Å². The molecule has 0 amide bonds. The van der Waals surface area contributed by atoms with Crippen molar-refractivity contribution in [2.75, 3.05) is 11.7 Å². The molecule has 1 N–H and O–H groups in total. The van der Waals surface area contributed by atoms with Crippen molar-refractivity contribution in [3.63, 3.8) is 0 Å². The molecule has 4 heteroatoms. The number of rotatable bonds is 8. The van der Waals surface area contributed by atoms with E-state index in [-0.39, 0.29) is 6.42 Å². The van der Waals surface area contributed by atoms with Crippen LogP contribution in [0.1, 0.15) is 18.4 Å². The SMILES string of the molecule is O=C(O)CCCSCOCc1ccccc1. The molecule has 0 saturated carbocycles. The zero-order valence-electron chi connectivity index (χ0n) is 9.09. The molecule has 0 fully saturated rings. The number of carboxylic acid groups (broad SMARTS) is 1. The Morgan fingerprint density at radius 3 is 2.75 bits per heavy atom. The Kier molecular flexibility index (Phi) is 6.69. The molecule has 0 atom stereocenters.